The van der Waals surface area contributed by atoms with E-state index in [1.807, 2.05) is 55.5 Å². The highest BCUT2D eigenvalue weighted by Gasteiger charge is 2.13. The predicted octanol–water partition coefficient (Wildman–Crippen LogP) is 3.60. The van der Waals surface area contributed by atoms with E-state index >= 15 is 0 Å². The molecule has 0 aliphatic rings. The third-order valence-electron chi connectivity index (χ3n) is 3.23. The van der Waals surface area contributed by atoms with E-state index in [-0.39, 0.29) is 6.04 Å². The highest BCUT2D eigenvalue weighted by atomic mass is 35.5. The van der Waals surface area contributed by atoms with E-state index < -0.39 is 10.8 Å². The van der Waals surface area contributed by atoms with Crippen LogP contribution in [0.5, 0.6) is 0 Å². The Morgan fingerprint density at radius 1 is 1.15 bits per heavy atom. The second-order valence-electron chi connectivity index (χ2n) is 4.81. The molecule has 2 aromatic carbocycles. The number of hydrogen-bond donors (Lipinski definition) is 1. The molecule has 0 aliphatic carbocycles. The molecule has 0 spiro atoms. The van der Waals surface area contributed by atoms with Crippen molar-refractivity contribution in [2.24, 2.45) is 5.73 Å². The van der Waals surface area contributed by atoms with Crippen LogP contribution in [0.3, 0.4) is 0 Å². The van der Waals surface area contributed by atoms with Crippen molar-refractivity contribution in [1.82, 2.24) is 0 Å². The van der Waals surface area contributed by atoms with E-state index in [2.05, 4.69) is 0 Å². The molecule has 106 valence electrons. The number of aryl methyl sites for hydroxylation is 1. The molecular weight excluding hydrogens is 290 g/mol. The highest BCUT2D eigenvalue weighted by molar-refractivity contribution is 7.84. The summed E-state index contributed by atoms with van der Waals surface area (Å²) < 4.78 is 12.2. The molecule has 0 aromatic heterocycles. The first-order valence-corrected chi connectivity index (χ1v) is 8.34. The lowest BCUT2D eigenvalue weighted by Gasteiger charge is -2.14. The molecule has 2 rings (SSSR count). The summed E-state index contributed by atoms with van der Waals surface area (Å²) in [5.74, 6) is 0.884. The summed E-state index contributed by atoms with van der Waals surface area (Å²) in [7, 11) is -1.03. The summed E-state index contributed by atoms with van der Waals surface area (Å²) in [5.41, 5.74) is 9.26. The maximum atomic E-state index is 12.2. The van der Waals surface area contributed by atoms with E-state index in [0.717, 1.165) is 16.7 Å². The standard InChI is InChI=1S/C16H18ClNOS/c1-12-6-2-4-8-14(12)16(18)11-20(19)10-13-7-3-5-9-15(13)17/h2-9,16H,10-11,18H2,1H3. The molecule has 0 bridgehead atoms. The summed E-state index contributed by atoms with van der Waals surface area (Å²) in [5, 5.41) is 0.658. The largest absolute Gasteiger partial charge is 0.323 e. The molecule has 0 saturated heterocycles. The molecule has 0 aliphatic heterocycles. The van der Waals surface area contributed by atoms with Crippen molar-refractivity contribution in [3.63, 3.8) is 0 Å². The van der Waals surface area contributed by atoms with Gasteiger partial charge in [0, 0.05) is 27.6 Å². The van der Waals surface area contributed by atoms with Crippen LogP contribution in [-0.2, 0) is 16.6 Å². The van der Waals surface area contributed by atoms with Gasteiger partial charge in [-0.15, -0.1) is 0 Å². The minimum absolute atomic E-state index is 0.209. The lowest BCUT2D eigenvalue weighted by molar-refractivity contribution is 0.674. The van der Waals surface area contributed by atoms with Gasteiger partial charge in [0.1, 0.15) is 0 Å². The first-order valence-electron chi connectivity index (χ1n) is 6.47. The molecule has 2 unspecified atom stereocenters. The van der Waals surface area contributed by atoms with Crippen LogP contribution in [0.25, 0.3) is 0 Å². The minimum Gasteiger partial charge on any atom is -0.323 e. The molecule has 0 fully saturated rings. The fourth-order valence-electron chi connectivity index (χ4n) is 2.14. The van der Waals surface area contributed by atoms with E-state index in [9.17, 15) is 4.21 Å². The van der Waals surface area contributed by atoms with E-state index in [1.165, 1.54) is 0 Å². The maximum absolute atomic E-state index is 12.2. The van der Waals surface area contributed by atoms with Gasteiger partial charge in [0.2, 0.25) is 0 Å². The molecule has 0 saturated carbocycles. The number of hydrogen-bond acceptors (Lipinski definition) is 2. The average molecular weight is 308 g/mol. The molecule has 2 nitrogen and oxygen atoms in total. The van der Waals surface area contributed by atoms with Crippen molar-refractivity contribution < 1.29 is 4.21 Å². The molecule has 20 heavy (non-hydrogen) atoms. The van der Waals surface area contributed by atoms with Crippen molar-refractivity contribution in [2.45, 2.75) is 18.7 Å². The Morgan fingerprint density at radius 3 is 2.50 bits per heavy atom. The molecule has 4 heteroatoms. The van der Waals surface area contributed by atoms with Crippen LogP contribution >= 0.6 is 11.6 Å². The Labute approximate surface area is 127 Å². The van der Waals surface area contributed by atoms with Crippen LogP contribution in [0, 0.1) is 6.92 Å². The first-order chi connectivity index (χ1) is 9.58. The molecular formula is C16H18ClNOS. The number of nitrogens with two attached hydrogens (primary N) is 1. The maximum Gasteiger partial charge on any atom is 0.0501 e. The first kappa shape index (κ1) is 15.2. The fourth-order valence-corrected chi connectivity index (χ4v) is 3.72. The fraction of sp³-hybridized carbons (Fsp3) is 0.250. The molecule has 2 aromatic rings. The van der Waals surface area contributed by atoms with E-state index in [4.69, 9.17) is 17.3 Å². The van der Waals surface area contributed by atoms with Crippen molar-refractivity contribution in [2.75, 3.05) is 5.75 Å². The van der Waals surface area contributed by atoms with Crippen LogP contribution in [0.2, 0.25) is 5.02 Å². The highest BCUT2D eigenvalue weighted by Crippen LogP contribution is 2.20. The second-order valence-corrected chi connectivity index (χ2v) is 6.71. The Kier molecular flexibility index (Phi) is 5.35. The van der Waals surface area contributed by atoms with E-state index in [1.54, 1.807) is 0 Å². The van der Waals surface area contributed by atoms with Gasteiger partial charge in [-0.25, -0.2) is 0 Å². The SMILES string of the molecule is Cc1ccccc1C(N)CS(=O)Cc1ccccc1Cl. The number of halogens is 1. The Hall–Kier alpha value is -1.16. The average Bonchev–Trinajstić information content (AvgIpc) is 2.41. The lowest BCUT2D eigenvalue weighted by Crippen LogP contribution is -2.20. The molecule has 0 amide bonds. The van der Waals surface area contributed by atoms with Gasteiger partial charge in [-0.05, 0) is 29.7 Å². The summed E-state index contributed by atoms with van der Waals surface area (Å²) >= 11 is 6.08. The zero-order chi connectivity index (χ0) is 14.5. The van der Waals surface area contributed by atoms with Crippen LogP contribution in [-0.4, -0.2) is 9.96 Å². The molecule has 2 atom stereocenters. The lowest BCUT2D eigenvalue weighted by atomic mass is 10.0. The van der Waals surface area contributed by atoms with Gasteiger partial charge in [-0.1, -0.05) is 54.1 Å². The monoisotopic (exact) mass is 307 g/mol. The smallest absolute Gasteiger partial charge is 0.0501 e. The van der Waals surface area contributed by atoms with Crippen LogP contribution < -0.4 is 5.73 Å². The van der Waals surface area contributed by atoms with Gasteiger partial charge < -0.3 is 5.73 Å². The predicted molar refractivity (Wildman–Crippen MR) is 86.3 cm³/mol. The summed E-state index contributed by atoms with van der Waals surface area (Å²) in [4.78, 5) is 0. The minimum atomic E-state index is -1.03. The third kappa shape index (κ3) is 3.92. The Balaban J connectivity index is 2.02. The molecule has 0 heterocycles. The third-order valence-corrected chi connectivity index (χ3v) is 4.96. The van der Waals surface area contributed by atoms with Gasteiger partial charge in [0.15, 0.2) is 0 Å². The number of benzene rings is 2. The van der Waals surface area contributed by atoms with Gasteiger partial charge in [-0.2, -0.15) is 0 Å². The second kappa shape index (κ2) is 7.02. The molecule has 0 radical (unpaired) electrons. The van der Waals surface area contributed by atoms with Gasteiger partial charge in [0.25, 0.3) is 0 Å². The van der Waals surface area contributed by atoms with Gasteiger partial charge >= 0.3 is 0 Å². The van der Waals surface area contributed by atoms with Crippen molar-refractivity contribution in [3.8, 4) is 0 Å². The van der Waals surface area contributed by atoms with Gasteiger partial charge in [0.05, 0.1) is 5.75 Å². The zero-order valence-electron chi connectivity index (χ0n) is 11.4. The Bertz CT molecular complexity index is 615. The topological polar surface area (TPSA) is 43.1 Å². The van der Waals surface area contributed by atoms with Crippen LogP contribution in [0.15, 0.2) is 48.5 Å². The molecule has 2 N–H and O–H groups in total. The summed E-state index contributed by atoms with van der Waals surface area (Å²) in [6, 6.07) is 15.2. The normalized spacial score (nSPS) is 13.9. The van der Waals surface area contributed by atoms with Crippen molar-refractivity contribution in [3.05, 3.63) is 70.2 Å². The van der Waals surface area contributed by atoms with Crippen molar-refractivity contribution in [1.29, 1.82) is 0 Å². The summed E-state index contributed by atoms with van der Waals surface area (Å²) in [6.45, 7) is 2.02. The van der Waals surface area contributed by atoms with Crippen LogP contribution in [0.1, 0.15) is 22.7 Å². The zero-order valence-corrected chi connectivity index (χ0v) is 13.0. The van der Waals surface area contributed by atoms with Crippen molar-refractivity contribution >= 4 is 22.4 Å². The van der Waals surface area contributed by atoms with E-state index in [0.29, 0.717) is 16.5 Å². The van der Waals surface area contributed by atoms with Crippen LogP contribution in [0.4, 0.5) is 0 Å². The van der Waals surface area contributed by atoms with Gasteiger partial charge in [-0.3, -0.25) is 4.21 Å². The quantitative estimate of drug-likeness (QED) is 0.917. The Morgan fingerprint density at radius 2 is 1.80 bits per heavy atom. The summed E-state index contributed by atoms with van der Waals surface area (Å²) in [6.07, 6.45) is 0. The number of rotatable bonds is 5.